The van der Waals surface area contributed by atoms with E-state index in [-0.39, 0.29) is 116 Å². The van der Waals surface area contributed by atoms with Crippen LogP contribution in [0.1, 0.15) is 93.1 Å². The lowest BCUT2D eigenvalue weighted by molar-refractivity contribution is -0.275. The van der Waals surface area contributed by atoms with Gasteiger partial charge in [0.2, 0.25) is 59.6 Å². The van der Waals surface area contributed by atoms with Crippen molar-refractivity contribution in [3.8, 4) is 63.2 Å². The van der Waals surface area contributed by atoms with Crippen molar-refractivity contribution in [1.29, 1.82) is 0 Å². The second kappa shape index (κ2) is 41.1. The van der Waals surface area contributed by atoms with E-state index in [0.29, 0.717) is 109 Å². The Morgan fingerprint density at radius 3 is 1.00 bits per heavy atom. The van der Waals surface area contributed by atoms with Crippen LogP contribution in [-0.2, 0) is 49.2 Å². The molecule has 5 amide bonds. The lowest BCUT2D eigenvalue weighted by Crippen LogP contribution is -2.24. The Balaban J connectivity index is 0.000000151. The molecule has 4 fully saturated rings. The summed E-state index contributed by atoms with van der Waals surface area (Å²) in [5.41, 5.74) is 13.1. The van der Waals surface area contributed by atoms with Crippen molar-refractivity contribution < 1.29 is 109 Å². The quantitative estimate of drug-likeness (QED) is 0.0432. The summed E-state index contributed by atoms with van der Waals surface area (Å²) >= 11 is 24.7. The largest absolute Gasteiger partial charge is 0.573 e. The molecule has 0 unspecified atom stereocenters. The van der Waals surface area contributed by atoms with E-state index in [1.165, 1.54) is 113 Å². The maximum atomic E-state index is 12.8. The molecule has 16 rings (SSSR count). The number of primary amides is 1. The van der Waals surface area contributed by atoms with Crippen LogP contribution in [0.4, 0.5) is 49.1 Å². The Kier molecular flexibility index (Phi) is 30.1. The standard InChI is InChI=1S/C24H23ClN2O4S.C24H21ClN2O4.2C23H18ClF3N2O5S/c1-15-9-16(2)11-20(10-15)31-23-13-18(25)3-8-22(23)17-12-24(28)27(14-17)19-4-6-21(7-5-19)32(26,29)30;1-30-20-7-2-3-8-21(20)31-22-13-17(25)9-10-19(22)16-12-23(28)27(14-16)18-6-4-5-15(11-18)24(26)29;24-15-4-9-20(21(11-15)33-17-2-1-3-18(12-17)34-23(25,26)27)14-10-22(30)29(13-14)16-5-7-19(8-6-16)35(28,31)32;24-15-5-10-18(21(12-15)33-19-3-1-2-4-20(19)34-23(25,26)27)14-11-22(30)29(13-14)16-6-8-17(9-7-16)35(28,31)32/h3-11,13,17H,12,14H2,1-2H3,(H2,26,29,30);2-11,13,16H,12,14H2,1H3,(H2,26,29);1-9,11-12,14H,10,13H2,(H2,28,31,32);1-10,12,14H,11,13H2,(H2,28,31,32)/t17-;16-;2*14-/m0000/s1. The fraction of sp³-hybridized carbons (Fsp3) is 0.181. The molecule has 4 saturated heterocycles. The maximum absolute atomic E-state index is 12.8. The average Bonchev–Trinajstić information content (AvgIpc) is 1.67. The lowest BCUT2D eigenvalue weighted by atomic mass is 9.97. The molecule has 0 bridgehead atoms. The second-order valence-electron chi connectivity index (χ2n) is 30.8. The zero-order chi connectivity index (χ0) is 95.8. The number of sulfonamides is 3. The number of nitrogens with zero attached hydrogens (tertiary/aromatic N) is 4. The summed E-state index contributed by atoms with van der Waals surface area (Å²) in [4.78, 5) is 68.8. The molecular weight excluding hydrogens is 1880 g/mol. The van der Waals surface area contributed by atoms with E-state index in [0.717, 1.165) is 40.5 Å². The highest BCUT2D eigenvalue weighted by Crippen LogP contribution is 2.47. The smallest absolute Gasteiger partial charge is 0.493 e. The third kappa shape index (κ3) is 25.5. The van der Waals surface area contributed by atoms with E-state index in [2.05, 4.69) is 15.5 Å². The SMILES string of the molecule is COc1ccccc1Oc1cc(Cl)ccc1[C@H]1CC(=O)N(c2cccc(C(N)=O)c2)C1.Cc1cc(C)cc(Oc2cc(Cl)ccc2[C@H]2CC(=O)N(c3ccc(S(N)(=O)=O)cc3)C2)c1.NS(=O)(=O)c1ccc(N2C[C@@H](c3ccc(Cl)cc3Oc3cccc(OC(F)(F)F)c3)CC2=O)cc1.NS(=O)(=O)c1ccc(N2C[C@@H](c3ccc(Cl)cc3Oc3ccccc3OC(F)(F)F)CC2=O)cc1. The molecule has 4 heterocycles. The van der Waals surface area contributed by atoms with Crippen LogP contribution in [0.5, 0.6) is 63.2 Å². The van der Waals surface area contributed by atoms with Crippen LogP contribution in [0.15, 0.2) is 276 Å². The number of amides is 5. The first-order valence-corrected chi connectivity index (χ1v) is 46.3. The Labute approximate surface area is 780 Å². The highest BCUT2D eigenvalue weighted by molar-refractivity contribution is 7.89. The number of nitrogens with two attached hydrogens (primary N) is 4. The number of primary sulfonamides is 3. The molecule has 12 aromatic rings. The first-order chi connectivity index (χ1) is 62.8. The van der Waals surface area contributed by atoms with Crippen molar-refractivity contribution >= 4 is 129 Å². The molecule has 692 valence electrons. The molecule has 26 nitrogen and oxygen atoms in total. The van der Waals surface area contributed by atoms with E-state index in [1.54, 1.807) is 102 Å². The molecule has 39 heteroatoms. The van der Waals surface area contributed by atoms with Gasteiger partial charge in [0.1, 0.15) is 40.2 Å². The molecule has 0 saturated carbocycles. The molecule has 0 aromatic heterocycles. The Morgan fingerprint density at radius 2 is 0.654 bits per heavy atom. The second-order valence-corrected chi connectivity index (χ2v) is 37.2. The fourth-order valence-corrected chi connectivity index (χ4v) is 17.5. The Morgan fingerprint density at radius 1 is 0.338 bits per heavy atom. The average molecular weight is 1960 g/mol. The van der Waals surface area contributed by atoms with E-state index in [9.17, 15) is 75.6 Å². The predicted molar refractivity (Wildman–Crippen MR) is 489 cm³/mol. The predicted octanol–water partition coefficient (Wildman–Crippen LogP) is 20.1. The summed E-state index contributed by atoms with van der Waals surface area (Å²) in [6, 6.07) is 68.0. The highest BCUT2D eigenvalue weighted by atomic mass is 35.5. The zero-order valence-corrected chi connectivity index (χ0v) is 75.7. The zero-order valence-electron chi connectivity index (χ0n) is 70.2. The number of hydrogen-bond donors (Lipinski definition) is 4. The van der Waals surface area contributed by atoms with Gasteiger partial charge in [0.15, 0.2) is 23.0 Å². The number of ether oxygens (including phenoxy) is 7. The van der Waals surface area contributed by atoms with E-state index in [1.807, 2.05) is 62.4 Å². The van der Waals surface area contributed by atoms with Gasteiger partial charge in [-0.05, 0) is 213 Å². The lowest BCUT2D eigenvalue weighted by Gasteiger charge is -2.20. The molecule has 4 aliphatic rings. The number of aryl methyl sites for hydroxylation is 2. The van der Waals surface area contributed by atoms with Crippen LogP contribution in [-0.4, -0.2) is 101 Å². The van der Waals surface area contributed by atoms with Crippen LogP contribution in [0.3, 0.4) is 0 Å². The van der Waals surface area contributed by atoms with Crippen molar-refractivity contribution in [2.45, 2.75) is 90.6 Å². The number of benzene rings is 12. The number of para-hydroxylation sites is 4. The molecule has 0 aliphatic carbocycles. The minimum absolute atomic E-state index is 0.00582. The number of halogens is 10. The number of methoxy groups -OCH3 is 1. The monoisotopic (exact) mass is 1960 g/mol. The van der Waals surface area contributed by atoms with Crippen LogP contribution in [0, 0.1) is 13.8 Å². The van der Waals surface area contributed by atoms with Gasteiger partial charge in [-0.3, -0.25) is 24.0 Å². The van der Waals surface area contributed by atoms with E-state index < -0.39 is 60.2 Å². The van der Waals surface area contributed by atoms with Crippen LogP contribution >= 0.6 is 46.4 Å². The summed E-state index contributed by atoms with van der Waals surface area (Å²) in [6.07, 6.45) is -8.91. The number of anilines is 4. The summed E-state index contributed by atoms with van der Waals surface area (Å²) in [6.45, 7) is 5.40. The molecule has 133 heavy (non-hydrogen) atoms. The Hall–Kier alpha value is -12.9. The van der Waals surface area contributed by atoms with Gasteiger partial charge in [-0.15, -0.1) is 26.3 Å². The number of carbonyl (C=O) groups is 5. The summed E-state index contributed by atoms with van der Waals surface area (Å²) < 4.78 is 182. The van der Waals surface area contributed by atoms with Crippen molar-refractivity contribution in [3.05, 3.63) is 320 Å². The number of hydrogen-bond acceptors (Lipinski definition) is 18. The normalized spacial score (nSPS) is 16.3. The Bertz CT molecular complexity index is 6760. The van der Waals surface area contributed by atoms with Gasteiger partial charge >= 0.3 is 12.7 Å². The molecular formula is C94H80Cl4F6N8O18S3. The van der Waals surface area contributed by atoms with E-state index >= 15 is 0 Å². The summed E-state index contributed by atoms with van der Waals surface area (Å²) in [5, 5.41) is 17.1. The molecule has 0 spiro atoms. The third-order valence-corrected chi connectivity index (χ3v) is 25.0. The van der Waals surface area contributed by atoms with Gasteiger partial charge in [0.25, 0.3) is 0 Å². The van der Waals surface area contributed by atoms with Gasteiger partial charge in [-0.1, -0.05) is 113 Å². The molecule has 4 aliphatic heterocycles. The topological polar surface area (TPSA) is 369 Å². The fourth-order valence-electron chi connectivity index (χ4n) is 15.3. The highest BCUT2D eigenvalue weighted by Gasteiger charge is 2.40. The van der Waals surface area contributed by atoms with Crippen molar-refractivity contribution in [1.82, 2.24) is 0 Å². The minimum atomic E-state index is -4.91. The van der Waals surface area contributed by atoms with Gasteiger partial charge in [-0.2, -0.15) is 0 Å². The van der Waals surface area contributed by atoms with Gasteiger partial charge in [0.05, 0.1) is 21.8 Å². The van der Waals surface area contributed by atoms with E-state index in [4.69, 9.17) is 91.2 Å². The molecule has 4 atom stereocenters. The van der Waals surface area contributed by atoms with Gasteiger partial charge in [0, 0.05) is 152 Å². The number of alkyl halides is 6. The van der Waals surface area contributed by atoms with Crippen molar-refractivity contribution in [2.24, 2.45) is 21.2 Å². The van der Waals surface area contributed by atoms with Crippen LogP contribution in [0.25, 0.3) is 0 Å². The molecule has 8 N–H and O–H groups in total. The molecule has 12 aromatic carbocycles. The van der Waals surface area contributed by atoms with Crippen LogP contribution < -0.4 is 73.9 Å². The van der Waals surface area contributed by atoms with Crippen molar-refractivity contribution in [2.75, 3.05) is 52.9 Å². The summed E-state index contributed by atoms with van der Waals surface area (Å²) in [5.74, 6) is 0.550. The minimum Gasteiger partial charge on any atom is -0.493 e. The first-order valence-electron chi connectivity index (χ1n) is 40.2. The third-order valence-electron chi connectivity index (χ3n) is 21.3. The van der Waals surface area contributed by atoms with Gasteiger partial charge in [-0.25, -0.2) is 40.7 Å². The van der Waals surface area contributed by atoms with Crippen molar-refractivity contribution in [3.63, 3.8) is 0 Å². The number of rotatable bonds is 23. The summed E-state index contributed by atoms with van der Waals surface area (Å²) in [7, 11) is -9.96. The first kappa shape index (κ1) is 97.6. The molecule has 0 radical (unpaired) electrons. The van der Waals surface area contributed by atoms with Crippen LogP contribution in [0.2, 0.25) is 20.1 Å². The van der Waals surface area contributed by atoms with Gasteiger partial charge < -0.3 is 58.5 Å². The maximum Gasteiger partial charge on any atom is 0.573 e. The number of carbonyl (C=O) groups excluding carboxylic acids is 5.